The van der Waals surface area contributed by atoms with Gasteiger partial charge in [-0.05, 0) is 31.4 Å². The van der Waals surface area contributed by atoms with Crippen LogP contribution in [0.25, 0.3) is 0 Å². The first kappa shape index (κ1) is 22.0. The van der Waals surface area contributed by atoms with Gasteiger partial charge in [-0.3, -0.25) is 9.59 Å². The van der Waals surface area contributed by atoms with E-state index in [1.165, 1.54) is 11.1 Å². The van der Waals surface area contributed by atoms with E-state index in [-0.39, 0.29) is 11.8 Å². The molecular weight excluding hydrogens is 368 g/mol. The predicted octanol–water partition coefficient (Wildman–Crippen LogP) is 3.91. The number of amides is 2. The molecule has 1 atom stereocenters. The number of carbonyl (C=O) groups is 2. The van der Waals surface area contributed by atoms with Crippen molar-refractivity contribution in [3.63, 3.8) is 0 Å². The van der Waals surface area contributed by atoms with Gasteiger partial charge in [0, 0.05) is 31.0 Å². The van der Waals surface area contributed by atoms with Crippen molar-refractivity contribution < 1.29 is 9.59 Å². The molecule has 2 rings (SSSR count). The molecule has 2 aromatic rings. The van der Waals surface area contributed by atoms with Gasteiger partial charge in [0.15, 0.2) is 0 Å². The van der Waals surface area contributed by atoms with E-state index >= 15 is 0 Å². The van der Waals surface area contributed by atoms with Crippen LogP contribution in [0.2, 0.25) is 0 Å². The summed E-state index contributed by atoms with van der Waals surface area (Å²) in [5.41, 5.74) is 2.43. The average Bonchev–Trinajstić information content (AvgIpc) is 2.73. The smallest absolute Gasteiger partial charge is 0.242 e. The number of likely N-dealkylation sites (N-methyl/N-ethyl adjacent to an activating group) is 1. The Labute approximate surface area is 172 Å². The van der Waals surface area contributed by atoms with Crippen molar-refractivity contribution in [1.29, 1.82) is 0 Å². The summed E-state index contributed by atoms with van der Waals surface area (Å²) >= 11 is 1.75. The van der Waals surface area contributed by atoms with Crippen molar-refractivity contribution in [3.8, 4) is 0 Å². The number of nitrogens with zero attached hydrogens (tertiary/aromatic N) is 1. The van der Waals surface area contributed by atoms with Gasteiger partial charge in [0.1, 0.15) is 6.04 Å². The quantitative estimate of drug-likeness (QED) is 0.584. The standard InChI is InChI=1S/C23H30N2O2S/c1-3-24-23(27)19(2)25(16-14-20-10-6-4-7-11-20)22(26)15-17-28-18-21-12-8-5-9-13-21/h4-13,19H,3,14-18H2,1-2H3,(H,24,27)/t19-/m0/s1. The Bertz CT molecular complexity index is 722. The van der Waals surface area contributed by atoms with Gasteiger partial charge < -0.3 is 10.2 Å². The Balaban J connectivity index is 1.90. The molecule has 0 aliphatic heterocycles. The second-order valence-corrected chi connectivity index (χ2v) is 7.79. The number of hydrogen-bond acceptors (Lipinski definition) is 3. The molecule has 0 unspecified atom stereocenters. The minimum Gasteiger partial charge on any atom is -0.355 e. The van der Waals surface area contributed by atoms with Gasteiger partial charge in [-0.15, -0.1) is 0 Å². The zero-order chi connectivity index (χ0) is 20.2. The fourth-order valence-electron chi connectivity index (χ4n) is 2.96. The number of rotatable bonds is 11. The van der Waals surface area contributed by atoms with Crippen molar-refractivity contribution in [1.82, 2.24) is 10.2 Å². The van der Waals surface area contributed by atoms with Crippen molar-refractivity contribution >= 4 is 23.6 Å². The Morgan fingerprint density at radius 3 is 2.21 bits per heavy atom. The average molecular weight is 399 g/mol. The molecule has 0 radical (unpaired) electrons. The summed E-state index contributed by atoms with van der Waals surface area (Å²) in [6.45, 7) is 4.81. The lowest BCUT2D eigenvalue weighted by Crippen LogP contribution is -2.48. The van der Waals surface area contributed by atoms with Crippen molar-refractivity contribution in [2.45, 2.75) is 38.5 Å². The molecule has 0 aliphatic carbocycles. The summed E-state index contributed by atoms with van der Waals surface area (Å²) in [5.74, 6) is 1.58. The van der Waals surface area contributed by atoms with Crippen molar-refractivity contribution in [2.75, 3.05) is 18.8 Å². The van der Waals surface area contributed by atoms with E-state index in [1.54, 1.807) is 16.7 Å². The fourth-order valence-corrected chi connectivity index (χ4v) is 3.85. The van der Waals surface area contributed by atoms with Crippen LogP contribution in [-0.2, 0) is 21.8 Å². The zero-order valence-electron chi connectivity index (χ0n) is 16.8. The lowest BCUT2D eigenvalue weighted by atomic mass is 10.1. The van der Waals surface area contributed by atoms with Crippen LogP contribution in [0.1, 0.15) is 31.4 Å². The molecule has 0 fully saturated rings. The van der Waals surface area contributed by atoms with E-state index in [2.05, 4.69) is 29.6 Å². The molecule has 0 aromatic heterocycles. The first-order valence-electron chi connectivity index (χ1n) is 9.84. The van der Waals surface area contributed by atoms with Crippen LogP contribution >= 0.6 is 11.8 Å². The maximum absolute atomic E-state index is 12.9. The second-order valence-electron chi connectivity index (χ2n) is 6.68. The van der Waals surface area contributed by atoms with Crippen LogP contribution in [0.3, 0.4) is 0 Å². The molecule has 0 spiro atoms. The molecule has 0 bridgehead atoms. The summed E-state index contributed by atoms with van der Waals surface area (Å²) in [4.78, 5) is 26.9. The Kier molecular flexibility index (Phi) is 9.63. The van der Waals surface area contributed by atoms with Crippen LogP contribution in [0.4, 0.5) is 0 Å². The van der Waals surface area contributed by atoms with Gasteiger partial charge in [-0.25, -0.2) is 0 Å². The van der Waals surface area contributed by atoms with E-state index < -0.39 is 6.04 Å². The summed E-state index contributed by atoms with van der Waals surface area (Å²) in [7, 11) is 0. The summed E-state index contributed by atoms with van der Waals surface area (Å²) < 4.78 is 0. The van der Waals surface area contributed by atoms with Crippen molar-refractivity contribution in [2.24, 2.45) is 0 Å². The molecule has 2 aromatic carbocycles. The third kappa shape index (κ3) is 7.39. The maximum atomic E-state index is 12.9. The molecule has 0 saturated carbocycles. The van der Waals surface area contributed by atoms with Crippen LogP contribution in [0, 0.1) is 0 Å². The van der Waals surface area contributed by atoms with Crippen LogP contribution in [0.5, 0.6) is 0 Å². The number of benzene rings is 2. The zero-order valence-corrected chi connectivity index (χ0v) is 17.6. The summed E-state index contributed by atoms with van der Waals surface area (Å²) in [6.07, 6.45) is 1.18. The van der Waals surface area contributed by atoms with E-state index in [1.807, 2.05) is 50.2 Å². The maximum Gasteiger partial charge on any atom is 0.242 e. The Hall–Kier alpha value is -2.27. The van der Waals surface area contributed by atoms with E-state index in [0.717, 1.165) is 17.9 Å². The molecule has 150 valence electrons. The Morgan fingerprint density at radius 1 is 1.00 bits per heavy atom. The molecule has 1 N–H and O–H groups in total. The number of hydrogen-bond donors (Lipinski definition) is 1. The van der Waals surface area contributed by atoms with Gasteiger partial charge in [0.05, 0.1) is 0 Å². The fraction of sp³-hybridized carbons (Fsp3) is 0.391. The molecule has 0 aliphatic rings. The van der Waals surface area contributed by atoms with Crippen LogP contribution in [-0.4, -0.2) is 41.6 Å². The molecular formula is C23H30N2O2S. The molecule has 0 heterocycles. The number of nitrogens with one attached hydrogen (secondary N) is 1. The minimum atomic E-state index is -0.463. The molecule has 0 saturated heterocycles. The van der Waals surface area contributed by atoms with Gasteiger partial charge in [0.25, 0.3) is 0 Å². The number of thioether (sulfide) groups is 1. The largest absolute Gasteiger partial charge is 0.355 e. The normalized spacial score (nSPS) is 11.6. The highest BCUT2D eigenvalue weighted by molar-refractivity contribution is 7.98. The van der Waals surface area contributed by atoms with Gasteiger partial charge in [-0.2, -0.15) is 11.8 Å². The predicted molar refractivity (Wildman–Crippen MR) is 117 cm³/mol. The van der Waals surface area contributed by atoms with Crippen LogP contribution in [0.15, 0.2) is 60.7 Å². The topological polar surface area (TPSA) is 49.4 Å². The lowest BCUT2D eigenvalue weighted by molar-refractivity contribution is -0.139. The van der Waals surface area contributed by atoms with Crippen molar-refractivity contribution in [3.05, 3.63) is 71.8 Å². The van der Waals surface area contributed by atoms with E-state index in [9.17, 15) is 9.59 Å². The third-order valence-electron chi connectivity index (χ3n) is 4.57. The SMILES string of the molecule is CCNC(=O)[C@H](C)N(CCc1ccccc1)C(=O)CCSCc1ccccc1. The third-order valence-corrected chi connectivity index (χ3v) is 5.60. The minimum absolute atomic E-state index is 0.0373. The molecule has 2 amide bonds. The molecule has 5 heteroatoms. The monoisotopic (exact) mass is 398 g/mol. The summed E-state index contributed by atoms with van der Waals surface area (Å²) in [6, 6.07) is 19.9. The van der Waals surface area contributed by atoms with Crippen LogP contribution < -0.4 is 5.32 Å². The molecule has 28 heavy (non-hydrogen) atoms. The van der Waals surface area contributed by atoms with Gasteiger partial charge >= 0.3 is 0 Å². The number of carbonyl (C=O) groups excluding carboxylic acids is 2. The first-order valence-corrected chi connectivity index (χ1v) is 11.0. The highest BCUT2D eigenvalue weighted by Crippen LogP contribution is 2.14. The first-order chi connectivity index (χ1) is 13.6. The molecule has 4 nitrogen and oxygen atoms in total. The second kappa shape index (κ2) is 12.2. The highest BCUT2D eigenvalue weighted by atomic mass is 32.2. The van der Waals surface area contributed by atoms with Gasteiger partial charge in [0.2, 0.25) is 11.8 Å². The summed E-state index contributed by atoms with van der Waals surface area (Å²) in [5, 5.41) is 2.83. The Morgan fingerprint density at radius 2 is 1.61 bits per heavy atom. The van der Waals surface area contributed by atoms with E-state index in [0.29, 0.717) is 19.5 Å². The van der Waals surface area contributed by atoms with Gasteiger partial charge in [-0.1, -0.05) is 60.7 Å². The lowest BCUT2D eigenvalue weighted by Gasteiger charge is -2.28. The highest BCUT2D eigenvalue weighted by Gasteiger charge is 2.24. The van der Waals surface area contributed by atoms with E-state index in [4.69, 9.17) is 0 Å².